The van der Waals surface area contributed by atoms with Gasteiger partial charge in [0.05, 0.1) is 0 Å². The Morgan fingerprint density at radius 2 is 1.71 bits per heavy atom. The normalized spacial score (nSPS) is 18.5. The summed E-state index contributed by atoms with van der Waals surface area (Å²) in [4.78, 5) is 0. The van der Waals surface area contributed by atoms with E-state index in [1.54, 1.807) is 0 Å². The second kappa shape index (κ2) is 6.65. The fraction of sp³-hybridized carbons (Fsp3) is 0.571. The molecule has 1 aliphatic rings. The van der Waals surface area contributed by atoms with Crippen molar-refractivity contribution in [3.05, 3.63) is 27.7 Å². The van der Waals surface area contributed by atoms with E-state index in [0.29, 0.717) is 6.04 Å². The van der Waals surface area contributed by atoms with Crippen molar-refractivity contribution in [2.75, 3.05) is 5.32 Å². The van der Waals surface area contributed by atoms with E-state index in [1.807, 2.05) is 12.1 Å². The molecule has 0 amide bonds. The van der Waals surface area contributed by atoms with Crippen molar-refractivity contribution < 1.29 is 0 Å². The Labute approximate surface area is 117 Å². The van der Waals surface area contributed by atoms with Crippen LogP contribution in [-0.4, -0.2) is 6.04 Å². The van der Waals surface area contributed by atoms with Crippen molar-refractivity contribution in [1.82, 2.24) is 0 Å². The summed E-state index contributed by atoms with van der Waals surface area (Å²) in [7, 11) is 0. The molecule has 1 fully saturated rings. The van der Waals surface area contributed by atoms with E-state index < -0.39 is 0 Å². The largest absolute Gasteiger partial charge is 0.381 e. The lowest BCUT2D eigenvalue weighted by Gasteiger charge is -2.22. The lowest BCUT2D eigenvalue weighted by atomic mass is 9.96. The molecule has 1 aromatic carbocycles. The topological polar surface area (TPSA) is 12.0 Å². The van der Waals surface area contributed by atoms with Crippen molar-refractivity contribution in [1.29, 1.82) is 0 Å². The third-order valence-electron chi connectivity index (χ3n) is 3.40. The average molecular weight is 317 g/mol. The van der Waals surface area contributed by atoms with Gasteiger partial charge in [-0.2, -0.15) is 0 Å². The van der Waals surface area contributed by atoms with Crippen LogP contribution >= 0.6 is 27.5 Å². The molecule has 17 heavy (non-hydrogen) atoms. The Hall–Kier alpha value is -0.210. The standard InChI is InChI=1S/C14H19BrClN/c15-13-10-11(16)8-9-14(13)17-12-6-4-2-1-3-5-7-12/h8-10,12,17H,1-7H2. The molecule has 0 unspecified atom stereocenters. The lowest BCUT2D eigenvalue weighted by molar-refractivity contribution is 0.471. The summed E-state index contributed by atoms with van der Waals surface area (Å²) < 4.78 is 1.06. The van der Waals surface area contributed by atoms with Crippen LogP contribution in [0.4, 0.5) is 5.69 Å². The molecule has 1 N–H and O–H groups in total. The molecule has 0 bridgehead atoms. The minimum Gasteiger partial charge on any atom is -0.381 e. The molecule has 94 valence electrons. The zero-order chi connectivity index (χ0) is 12.1. The molecule has 3 heteroatoms. The molecule has 0 aliphatic heterocycles. The van der Waals surface area contributed by atoms with E-state index >= 15 is 0 Å². The van der Waals surface area contributed by atoms with Gasteiger partial charge in [0.25, 0.3) is 0 Å². The van der Waals surface area contributed by atoms with E-state index in [9.17, 15) is 0 Å². The van der Waals surface area contributed by atoms with Gasteiger partial charge in [-0.05, 0) is 47.0 Å². The molecule has 2 rings (SSSR count). The van der Waals surface area contributed by atoms with Crippen LogP contribution in [0.15, 0.2) is 22.7 Å². The van der Waals surface area contributed by atoms with E-state index in [4.69, 9.17) is 11.6 Å². The van der Waals surface area contributed by atoms with Crippen LogP contribution in [0.1, 0.15) is 44.9 Å². The highest BCUT2D eigenvalue weighted by atomic mass is 79.9. The Morgan fingerprint density at radius 1 is 1.06 bits per heavy atom. The third-order valence-corrected chi connectivity index (χ3v) is 4.29. The summed E-state index contributed by atoms with van der Waals surface area (Å²) in [6.07, 6.45) is 9.47. The molecule has 0 aromatic heterocycles. The summed E-state index contributed by atoms with van der Waals surface area (Å²) in [6.45, 7) is 0. The summed E-state index contributed by atoms with van der Waals surface area (Å²) in [5.74, 6) is 0. The highest BCUT2D eigenvalue weighted by molar-refractivity contribution is 9.10. The monoisotopic (exact) mass is 315 g/mol. The van der Waals surface area contributed by atoms with Crippen molar-refractivity contribution in [3.8, 4) is 0 Å². The van der Waals surface area contributed by atoms with E-state index in [0.717, 1.165) is 9.50 Å². The molecular formula is C14H19BrClN. The molecule has 0 heterocycles. The number of rotatable bonds is 2. The number of benzene rings is 1. The van der Waals surface area contributed by atoms with Gasteiger partial charge in [-0.3, -0.25) is 0 Å². The van der Waals surface area contributed by atoms with E-state index in [-0.39, 0.29) is 0 Å². The van der Waals surface area contributed by atoms with Crippen molar-refractivity contribution >= 4 is 33.2 Å². The van der Waals surface area contributed by atoms with Crippen LogP contribution in [0.5, 0.6) is 0 Å². The maximum Gasteiger partial charge on any atom is 0.0487 e. The molecule has 1 aromatic rings. The molecule has 0 radical (unpaired) electrons. The predicted octanol–water partition coefficient (Wildman–Crippen LogP) is 5.63. The molecule has 1 nitrogen and oxygen atoms in total. The van der Waals surface area contributed by atoms with Crippen LogP contribution in [0.2, 0.25) is 5.02 Å². The lowest BCUT2D eigenvalue weighted by Crippen LogP contribution is -2.20. The van der Waals surface area contributed by atoms with E-state index in [2.05, 4.69) is 27.3 Å². The molecule has 0 spiro atoms. The van der Waals surface area contributed by atoms with Crippen molar-refractivity contribution in [3.63, 3.8) is 0 Å². The van der Waals surface area contributed by atoms with Crippen molar-refractivity contribution in [2.24, 2.45) is 0 Å². The van der Waals surface area contributed by atoms with Crippen LogP contribution in [0.25, 0.3) is 0 Å². The van der Waals surface area contributed by atoms with Crippen LogP contribution in [0.3, 0.4) is 0 Å². The first-order valence-corrected chi connectivity index (χ1v) is 7.64. The minimum absolute atomic E-state index is 0.618. The Bertz CT molecular complexity index is 359. The second-order valence-corrected chi connectivity index (χ2v) is 6.10. The number of nitrogens with one attached hydrogen (secondary N) is 1. The van der Waals surface area contributed by atoms with Crippen molar-refractivity contribution in [2.45, 2.75) is 51.0 Å². The van der Waals surface area contributed by atoms with E-state index in [1.165, 1.54) is 50.6 Å². The Morgan fingerprint density at radius 3 is 2.35 bits per heavy atom. The summed E-state index contributed by atoms with van der Waals surface area (Å²) in [5.41, 5.74) is 1.17. The zero-order valence-electron chi connectivity index (χ0n) is 10.0. The first kappa shape index (κ1) is 13.2. The molecular weight excluding hydrogens is 298 g/mol. The fourth-order valence-corrected chi connectivity index (χ4v) is 3.22. The Balaban J connectivity index is 1.98. The van der Waals surface area contributed by atoms with Gasteiger partial charge < -0.3 is 5.32 Å². The van der Waals surface area contributed by atoms with Crippen LogP contribution in [-0.2, 0) is 0 Å². The van der Waals surface area contributed by atoms with Crippen LogP contribution < -0.4 is 5.32 Å². The van der Waals surface area contributed by atoms with Gasteiger partial charge in [0.15, 0.2) is 0 Å². The summed E-state index contributed by atoms with van der Waals surface area (Å²) >= 11 is 9.51. The maximum atomic E-state index is 5.95. The van der Waals surface area contributed by atoms with Gasteiger partial charge in [-0.25, -0.2) is 0 Å². The van der Waals surface area contributed by atoms with Gasteiger partial charge in [-0.15, -0.1) is 0 Å². The highest BCUT2D eigenvalue weighted by Crippen LogP contribution is 2.28. The molecule has 0 saturated heterocycles. The quantitative estimate of drug-likeness (QED) is 0.746. The highest BCUT2D eigenvalue weighted by Gasteiger charge is 2.12. The Kier molecular flexibility index (Phi) is 5.17. The first-order valence-electron chi connectivity index (χ1n) is 6.47. The minimum atomic E-state index is 0.618. The fourth-order valence-electron chi connectivity index (χ4n) is 2.43. The molecule has 0 atom stereocenters. The molecule has 1 aliphatic carbocycles. The van der Waals surface area contributed by atoms with Gasteiger partial charge >= 0.3 is 0 Å². The first-order chi connectivity index (χ1) is 8.25. The number of anilines is 1. The van der Waals surface area contributed by atoms with Crippen LogP contribution in [0, 0.1) is 0 Å². The van der Waals surface area contributed by atoms with Gasteiger partial charge in [-0.1, -0.05) is 43.7 Å². The zero-order valence-corrected chi connectivity index (χ0v) is 12.4. The summed E-state index contributed by atoms with van der Waals surface area (Å²) in [6, 6.07) is 6.57. The second-order valence-electron chi connectivity index (χ2n) is 4.81. The smallest absolute Gasteiger partial charge is 0.0487 e. The number of halogens is 2. The number of hydrogen-bond acceptors (Lipinski definition) is 1. The average Bonchev–Trinajstić information content (AvgIpc) is 2.25. The number of hydrogen-bond donors (Lipinski definition) is 1. The predicted molar refractivity (Wildman–Crippen MR) is 78.9 cm³/mol. The molecule has 1 saturated carbocycles. The third kappa shape index (κ3) is 4.18. The van der Waals surface area contributed by atoms with Gasteiger partial charge in [0, 0.05) is 21.2 Å². The summed E-state index contributed by atoms with van der Waals surface area (Å²) in [5, 5.41) is 4.42. The van der Waals surface area contributed by atoms with Gasteiger partial charge in [0.1, 0.15) is 0 Å². The van der Waals surface area contributed by atoms with Gasteiger partial charge in [0.2, 0.25) is 0 Å². The SMILES string of the molecule is Clc1ccc(NC2CCCCCCC2)c(Br)c1. The maximum absolute atomic E-state index is 5.95.